The maximum atomic E-state index is 14.5. The van der Waals surface area contributed by atoms with Crippen molar-refractivity contribution in [3.63, 3.8) is 0 Å². The van der Waals surface area contributed by atoms with Gasteiger partial charge >= 0.3 is 11.8 Å². The van der Waals surface area contributed by atoms with Crippen molar-refractivity contribution in [2.75, 3.05) is 26.2 Å². The van der Waals surface area contributed by atoms with Gasteiger partial charge in [-0.1, -0.05) is 42.8 Å². The van der Waals surface area contributed by atoms with Crippen LogP contribution >= 0.6 is 0 Å². The van der Waals surface area contributed by atoms with Crippen molar-refractivity contribution in [3.05, 3.63) is 93.0 Å². The fourth-order valence-electron chi connectivity index (χ4n) is 8.30. The molecule has 0 atom stereocenters. The first-order valence-corrected chi connectivity index (χ1v) is 19.0. The van der Waals surface area contributed by atoms with Crippen LogP contribution in [0.2, 0.25) is 0 Å². The lowest BCUT2D eigenvalue weighted by molar-refractivity contribution is 0.0487. The first kappa shape index (κ1) is 36.0. The van der Waals surface area contributed by atoms with Crippen molar-refractivity contribution in [1.82, 2.24) is 29.2 Å². The molecule has 3 fully saturated rings. The van der Waals surface area contributed by atoms with E-state index < -0.39 is 34.8 Å². The second-order valence-corrected chi connectivity index (χ2v) is 15.8. The number of benzene rings is 2. The Kier molecular flexibility index (Phi) is 10.6. The summed E-state index contributed by atoms with van der Waals surface area (Å²) in [6.07, 6.45) is 9.19. The predicted octanol–water partition coefficient (Wildman–Crippen LogP) is 6.81. The Labute approximate surface area is 304 Å². The zero-order valence-electron chi connectivity index (χ0n) is 30.7. The second-order valence-electron chi connectivity index (χ2n) is 15.8. The quantitative estimate of drug-likeness (QED) is 0.225. The molecule has 276 valence electrons. The van der Waals surface area contributed by atoms with Crippen LogP contribution < -0.4 is 16.6 Å². The molecule has 1 aliphatic carbocycles. The number of carbonyl (C=O) groups is 1. The van der Waals surface area contributed by atoms with Crippen molar-refractivity contribution in [1.29, 1.82) is 0 Å². The zero-order chi connectivity index (χ0) is 36.4. The van der Waals surface area contributed by atoms with Gasteiger partial charge in [0, 0.05) is 24.7 Å². The molecule has 2 aliphatic heterocycles. The molecule has 1 saturated carbocycles. The minimum Gasteiger partial charge on any atom is -0.444 e. The Morgan fingerprint density at radius 2 is 1.58 bits per heavy atom. The number of ether oxygens (including phenoxy) is 1. The van der Waals surface area contributed by atoms with Gasteiger partial charge in [-0.05, 0) is 133 Å². The smallest absolute Gasteiger partial charge is 0.407 e. The Hall–Kier alpha value is -4.35. The van der Waals surface area contributed by atoms with Gasteiger partial charge in [-0.3, -0.25) is 14.3 Å². The molecule has 0 spiro atoms. The molecular formula is C41H51FN6O4. The van der Waals surface area contributed by atoms with E-state index in [1.54, 1.807) is 0 Å². The lowest BCUT2D eigenvalue weighted by Crippen LogP contribution is -2.46. The number of piperidine rings is 2. The third kappa shape index (κ3) is 8.15. The topological polar surface area (TPSA) is 102 Å². The number of likely N-dealkylation sites (tertiary alicyclic amines) is 2. The number of amides is 1. The van der Waals surface area contributed by atoms with Crippen LogP contribution in [0.1, 0.15) is 90.2 Å². The molecule has 2 aromatic heterocycles. The Balaban J connectivity index is 1.09. The first-order chi connectivity index (χ1) is 25.0. The first-order valence-electron chi connectivity index (χ1n) is 19.0. The van der Waals surface area contributed by atoms with Crippen LogP contribution in [0.4, 0.5) is 9.18 Å². The van der Waals surface area contributed by atoms with Crippen LogP contribution in [0.5, 0.6) is 0 Å². The van der Waals surface area contributed by atoms with Crippen LogP contribution in [-0.2, 0) is 11.3 Å². The van der Waals surface area contributed by atoms with E-state index in [2.05, 4.69) is 44.4 Å². The zero-order valence-corrected chi connectivity index (χ0v) is 30.7. The lowest BCUT2D eigenvalue weighted by atomic mass is 9.91. The molecule has 3 aliphatic rings. The summed E-state index contributed by atoms with van der Waals surface area (Å²) in [5.41, 5.74) is 2.17. The average Bonchev–Trinajstić information content (AvgIpc) is 3.13. The highest BCUT2D eigenvalue weighted by Crippen LogP contribution is 2.29. The van der Waals surface area contributed by atoms with Gasteiger partial charge < -0.3 is 15.0 Å². The van der Waals surface area contributed by atoms with Crippen molar-refractivity contribution < 1.29 is 13.9 Å². The monoisotopic (exact) mass is 710 g/mol. The lowest BCUT2D eigenvalue weighted by Gasteiger charge is -2.40. The molecule has 10 nitrogen and oxygen atoms in total. The number of hydrogen-bond donors (Lipinski definition) is 1. The molecule has 7 rings (SSSR count). The molecule has 2 aromatic carbocycles. The van der Waals surface area contributed by atoms with Gasteiger partial charge in [0.2, 0.25) is 0 Å². The molecule has 0 bridgehead atoms. The van der Waals surface area contributed by atoms with Crippen LogP contribution in [0.25, 0.3) is 27.8 Å². The summed E-state index contributed by atoms with van der Waals surface area (Å²) in [7, 11) is 0. The minimum atomic E-state index is -0.646. The fourth-order valence-corrected chi connectivity index (χ4v) is 8.30. The number of halogens is 1. The number of hydrogen-bond acceptors (Lipinski definition) is 7. The number of fused-ring (bicyclic) bond motifs is 1. The molecule has 11 heteroatoms. The van der Waals surface area contributed by atoms with Gasteiger partial charge in [0.15, 0.2) is 5.65 Å². The van der Waals surface area contributed by atoms with Gasteiger partial charge in [0.05, 0.1) is 17.3 Å². The fraction of sp³-hybridized carbons (Fsp3) is 0.512. The number of alkyl carbamates (subject to hydrolysis) is 1. The minimum absolute atomic E-state index is 0.0447. The third-order valence-corrected chi connectivity index (χ3v) is 10.9. The highest BCUT2D eigenvalue weighted by molar-refractivity contribution is 5.76. The molecule has 4 heterocycles. The molecule has 0 unspecified atom stereocenters. The Morgan fingerprint density at radius 3 is 2.27 bits per heavy atom. The van der Waals surface area contributed by atoms with Gasteiger partial charge in [-0.15, -0.1) is 0 Å². The van der Waals surface area contributed by atoms with E-state index in [0.717, 1.165) is 49.1 Å². The molecular weight excluding hydrogens is 659 g/mol. The highest BCUT2D eigenvalue weighted by Gasteiger charge is 2.29. The number of nitrogens with zero attached hydrogens (tertiary/aromatic N) is 5. The standard InChI is InChI=1S/C41H51FN6O4/c1-41(2,3)52-39(50)44-32-14-16-34(17-15-32)48-38(49)36-25-31(42)26-43-37(36)47(40(48)51)35-9-7-8-30(24-35)29-12-10-28(11-13-29)27-45-22-18-33(19-23-45)46-20-5-4-6-21-46/h7-13,24-26,32-34H,4-6,14-23,27H2,1-3H3,(H,44,50)/t32-,34+. The average molecular weight is 711 g/mol. The van der Waals surface area contributed by atoms with Crippen molar-refractivity contribution in [3.8, 4) is 16.8 Å². The number of rotatable bonds is 7. The van der Waals surface area contributed by atoms with Gasteiger partial charge in [-0.2, -0.15) is 0 Å². The van der Waals surface area contributed by atoms with Crippen molar-refractivity contribution in [2.24, 2.45) is 0 Å². The van der Waals surface area contributed by atoms with Crippen molar-refractivity contribution >= 4 is 17.1 Å². The normalized spacial score (nSPS) is 20.9. The van der Waals surface area contributed by atoms with Crippen LogP contribution in [0.15, 0.2) is 70.4 Å². The summed E-state index contributed by atoms with van der Waals surface area (Å²) in [5, 5.41) is 2.96. The summed E-state index contributed by atoms with van der Waals surface area (Å²) >= 11 is 0. The molecule has 4 aromatic rings. The Bertz CT molecular complexity index is 2000. The molecule has 52 heavy (non-hydrogen) atoms. The summed E-state index contributed by atoms with van der Waals surface area (Å²) in [6.45, 7) is 11.1. The van der Waals surface area contributed by atoms with Gasteiger partial charge in [-0.25, -0.2) is 23.5 Å². The number of nitrogens with one attached hydrogen (secondary N) is 1. The van der Waals surface area contributed by atoms with Gasteiger partial charge in [0.25, 0.3) is 5.56 Å². The van der Waals surface area contributed by atoms with E-state index in [4.69, 9.17) is 4.74 Å². The SMILES string of the molecule is CC(C)(C)OC(=O)N[C@H]1CC[C@@H](n2c(=O)c3cc(F)cnc3n(-c3cccc(-c4ccc(CN5CCC(N6CCCCC6)CC5)cc4)c3)c2=O)CC1. The Morgan fingerprint density at radius 1 is 0.865 bits per heavy atom. The van der Waals surface area contributed by atoms with E-state index >= 15 is 0 Å². The predicted molar refractivity (Wildman–Crippen MR) is 201 cm³/mol. The van der Waals surface area contributed by atoms with Crippen LogP contribution in [0, 0.1) is 5.82 Å². The summed E-state index contributed by atoms with van der Waals surface area (Å²) in [5.74, 6) is -0.646. The van der Waals surface area contributed by atoms with Crippen LogP contribution in [0.3, 0.4) is 0 Å². The number of carbonyl (C=O) groups excluding carboxylic acids is 1. The van der Waals surface area contributed by atoms with E-state index in [1.165, 1.54) is 59.9 Å². The maximum Gasteiger partial charge on any atom is 0.407 e. The molecule has 1 amide bonds. The summed E-state index contributed by atoms with van der Waals surface area (Å²) < 4.78 is 22.6. The third-order valence-electron chi connectivity index (χ3n) is 10.9. The van der Waals surface area contributed by atoms with E-state index in [-0.39, 0.29) is 17.1 Å². The second kappa shape index (κ2) is 15.3. The van der Waals surface area contributed by atoms with E-state index in [1.807, 2.05) is 45.0 Å². The molecule has 2 saturated heterocycles. The molecule has 0 radical (unpaired) electrons. The summed E-state index contributed by atoms with van der Waals surface area (Å²) in [6, 6.07) is 17.6. The summed E-state index contributed by atoms with van der Waals surface area (Å²) in [4.78, 5) is 50.0. The largest absolute Gasteiger partial charge is 0.444 e. The van der Waals surface area contributed by atoms with Crippen molar-refractivity contribution in [2.45, 2.75) is 109 Å². The van der Waals surface area contributed by atoms with Gasteiger partial charge in [0.1, 0.15) is 11.4 Å². The highest BCUT2D eigenvalue weighted by atomic mass is 19.1. The number of aromatic nitrogens is 3. The van der Waals surface area contributed by atoms with Crippen LogP contribution in [-0.4, -0.2) is 73.9 Å². The number of pyridine rings is 1. The van der Waals surface area contributed by atoms with E-state index in [9.17, 15) is 18.8 Å². The maximum absolute atomic E-state index is 14.5. The molecule has 1 N–H and O–H groups in total. The van der Waals surface area contributed by atoms with E-state index in [0.29, 0.717) is 31.4 Å².